The number of aliphatic hydroxyl groups is 1. The van der Waals surface area contributed by atoms with E-state index in [1.165, 1.54) is 11.5 Å². The van der Waals surface area contributed by atoms with Crippen LogP contribution in [0.25, 0.3) is 0 Å². The van der Waals surface area contributed by atoms with Gasteiger partial charge in [0, 0.05) is 30.6 Å². The lowest BCUT2D eigenvalue weighted by molar-refractivity contribution is 0.278. The third kappa shape index (κ3) is 3.23. The molecule has 1 aromatic rings. The van der Waals surface area contributed by atoms with Crippen molar-refractivity contribution in [3.05, 3.63) is 5.82 Å². The number of aromatic nitrogens is 2. The van der Waals surface area contributed by atoms with Gasteiger partial charge in [-0.15, -0.1) is 0 Å². The zero-order valence-corrected chi connectivity index (χ0v) is 9.47. The Bertz CT molecular complexity index is 264. The van der Waals surface area contributed by atoms with Crippen LogP contribution in [0.1, 0.15) is 32.5 Å². The Balaban J connectivity index is 2.48. The Labute approximate surface area is 88.6 Å². The van der Waals surface area contributed by atoms with Crippen LogP contribution in [0.5, 0.6) is 0 Å². The SMILES string of the molecule is CCc1nsc(NC(CC)CCO)n1. The molecule has 2 N–H and O–H groups in total. The number of hydrogen-bond donors (Lipinski definition) is 2. The van der Waals surface area contributed by atoms with E-state index in [1.807, 2.05) is 6.92 Å². The Kier molecular flexibility index (Phi) is 4.82. The molecule has 4 nitrogen and oxygen atoms in total. The van der Waals surface area contributed by atoms with Crippen LogP contribution < -0.4 is 5.32 Å². The summed E-state index contributed by atoms with van der Waals surface area (Å²) >= 11 is 1.39. The minimum atomic E-state index is 0.213. The maximum Gasteiger partial charge on any atom is 0.202 e. The van der Waals surface area contributed by atoms with E-state index in [4.69, 9.17) is 5.11 Å². The predicted molar refractivity (Wildman–Crippen MR) is 58.7 cm³/mol. The van der Waals surface area contributed by atoms with E-state index in [0.29, 0.717) is 6.04 Å². The van der Waals surface area contributed by atoms with Gasteiger partial charge in [0.1, 0.15) is 5.82 Å². The van der Waals surface area contributed by atoms with Gasteiger partial charge in [0.05, 0.1) is 0 Å². The van der Waals surface area contributed by atoms with Gasteiger partial charge in [-0.3, -0.25) is 0 Å². The molecule has 0 fully saturated rings. The molecule has 1 heterocycles. The van der Waals surface area contributed by atoms with E-state index in [0.717, 1.165) is 30.2 Å². The van der Waals surface area contributed by atoms with E-state index in [-0.39, 0.29) is 6.61 Å². The zero-order valence-electron chi connectivity index (χ0n) is 8.66. The quantitative estimate of drug-likeness (QED) is 0.758. The zero-order chi connectivity index (χ0) is 10.4. The molecule has 0 bridgehead atoms. The summed E-state index contributed by atoms with van der Waals surface area (Å²) < 4.78 is 4.19. The number of nitrogens with one attached hydrogen (secondary N) is 1. The van der Waals surface area contributed by atoms with Crippen molar-refractivity contribution in [3.8, 4) is 0 Å². The summed E-state index contributed by atoms with van der Waals surface area (Å²) in [6, 6.07) is 0.303. The largest absolute Gasteiger partial charge is 0.396 e. The van der Waals surface area contributed by atoms with Crippen LogP contribution in [0.4, 0.5) is 5.13 Å². The molecule has 1 aromatic heterocycles. The van der Waals surface area contributed by atoms with E-state index >= 15 is 0 Å². The summed E-state index contributed by atoms with van der Waals surface area (Å²) in [5, 5.41) is 13.0. The van der Waals surface area contributed by atoms with Crippen LogP contribution in [0.3, 0.4) is 0 Å². The molecule has 1 rings (SSSR count). The minimum absolute atomic E-state index is 0.213. The fraction of sp³-hybridized carbons (Fsp3) is 0.778. The van der Waals surface area contributed by atoms with Gasteiger partial charge in [-0.25, -0.2) is 4.98 Å². The monoisotopic (exact) mass is 215 g/mol. The topological polar surface area (TPSA) is 58.0 Å². The maximum absolute atomic E-state index is 8.82. The molecular weight excluding hydrogens is 198 g/mol. The summed E-state index contributed by atoms with van der Waals surface area (Å²) in [7, 11) is 0. The smallest absolute Gasteiger partial charge is 0.202 e. The Hall–Kier alpha value is -0.680. The van der Waals surface area contributed by atoms with E-state index in [2.05, 4.69) is 21.6 Å². The molecule has 0 saturated heterocycles. The van der Waals surface area contributed by atoms with Gasteiger partial charge in [-0.2, -0.15) is 4.37 Å². The highest BCUT2D eigenvalue weighted by atomic mass is 32.1. The van der Waals surface area contributed by atoms with Crippen molar-refractivity contribution in [2.24, 2.45) is 0 Å². The van der Waals surface area contributed by atoms with E-state index in [9.17, 15) is 0 Å². The number of nitrogens with zero attached hydrogens (tertiary/aromatic N) is 2. The van der Waals surface area contributed by atoms with Gasteiger partial charge >= 0.3 is 0 Å². The summed E-state index contributed by atoms with van der Waals surface area (Å²) in [5.41, 5.74) is 0. The Morgan fingerprint density at radius 1 is 1.50 bits per heavy atom. The molecule has 0 spiro atoms. The summed E-state index contributed by atoms with van der Waals surface area (Å²) in [4.78, 5) is 4.31. The summed E-state index contributed by atoms with van der Waals surface area (Å²) in [5.74, 6) is 0.886. The molecule has 0 aromatic carbocycles. The standard InChI is InChI=1S/C9H17N3OS/c1-3-7(5-6-13)10-9-11-8(4-2)12-14-9/h7,13H,3-6H2,1-2H3,(H,10,11,12). The molecule has 80 valence electrons. The van der Waals surface area contributed by atoms with Gasteiger partial charge in [-0.1, -0.05) is 13.8 Å². The van der Waals surface area contributed by atoms with Crippen LogP contribution in [-0.4, -0.2) is 27.1 Å². The second-order valence-corrected chi connectivity index (χ2v) is 3.88. The van der Waals surface area contributed by atoms with Crippen molar-refractivity contribution in [3.63, 3.8) is 0 Å². The molecule has 1 atom stereocenters. The van der Waals surface area contributed by atoms with Gasteiger partial charge in [0.15, 0.2) is 0 Å². The lowest BCUT2D eigenvalue weighted by Crippen LogP contribution is -2.19. The highest BCUT2D eigenvalue weighted by Crippen LogP contribution is 2.14. The number of aryl methyl sites for hydroxylation is 1. The Morgan fingerprint density at radius 3 is 2.79 bits per heavy atom. The number of aliphatic hydroxyl groups excluding tert-OH is 1. The van der Waals surface area contributed by atoms with Crippen molar-refractivity contribution in [2.45, 2.75) is 39.2 Å². The maximum atomic E-state index is 8.82. The van der Waals surface area contributed by atoms with Crippen molar-refractivity contribution >= 4 is 16.7 Å². The molecule has 1 unspecified atom stereocenters. The van der Waals surface area contributed by atoms with Crippen LogP contribution in [0.2, 0.25) is 0 Å². The average Bonchev–Trinajstić information content (AvgIpc) is 2.65. The summed E-state index contributed by atoms with van der Waals surface area (Å²) in [6.07, 6.45) is 2.62. The van der Waals surface area contributed by atoms with Crippen molar-refractivity contribution in [1.82, 2.24) is 9.36 Å². The molecule has 0 radical (unpaired) electrons. The van der Waals surface area contributed by atoms with Gasteiger partial charge in [0.25, 0.3) is 0 Å². The fourth-order valence-electron chi connectivity index (χ4n) is 1.17. The second kappa shape index (κ2) is 5.93. The van der Waals surface area contributed by atoms with Crippen molar-refractivity contribution < 1.29 is 5.11 Å². The van der Waals surface area contributed by atoms with Crippen LogP contribution in [0.15, 0.2) is 0 Å². The molecule has 0 aliphatic heterocycles. The minimum Gasteiger partial charge on any atom is -0.396 e. The highest BCUT2D eigenvalue weighted by Gasteiger charge is 2.08. The fourth-order valence-corrected chi connectivity index (χ4v) is 1.89. The van der Waals surface area contributed by atoms with E-state index in [1.54, 1.807) is 0 Å². The molecular formula is C9H17N3OS. The number of rotatable bonds is 6. The van der Waals surface area contributed by atoms with Crippen molar-refractivity contribution in [2.75, 3.05) is 11.9 Å². The normalized spacial score (nSPS) is 12.8. The predicted octanol–water partition coefficient (Wildman–Crippen LogP) is 1.67. The highest BCUT2D eigenvalue weighted by molar-refractivity contribution is 7.09. The van der Waals surface area contributed by atoms with E-state index < -0.39 is 0 Å². The third-order valence-corrected chi connectivity index (χ3v) is 2.77. The number of hydrogen-bond acceptors (Lipinski definition) is 5. The van der Waals surface area contributed by atoms with Gasteiger partial charge in [0.2, 0.25) is 5.13 Å². The first-order valence-corrected chi connectivity index (χ1v) is 5.77. The summed E-state index contributed by atoms with van der Waals surface area (Å²) in [6.45, 7) is 4.34. The lowest BCUT2D eigenvalue weighted by Gasteiger charge is -2.13. The first-order chi connectivity index (χ1) is 6.80. The van der Waals surface area contributed by atoms with Crippen LogP contribution >= 0.6 is 11.5 Å². The molecule has 14 heavy (non-hydrogen) atoms. The van der Waals surface area contributed by atoms with Gasteiger partial charge in [-0.05, 0) is 12.8 Å². The third-order valence-electron chi connectivity index (χ3n) is 2.08. The first-order valence-electron chi connectivity index (χ1n) is 5.00. The molecule has 0 aliphatic carbocycles. The van der Waals surface area contributed by atoms with Gasteiger partial charge < -0.3 is 10.4 Å². The Morgan fingerprint density at radius 2 is 2.29 bits per heavy atom. The second-order valence-electron chi connectivity index (χ2n) is 3.13. The number of anilines is 1. The van der Waals surface area contributed by atoms with Crippen LogP contribution in [-0.2, 0) is 6.42 Å². The average molecular weight is 215 g/mol. The molecule has 5 heteroatoms. The van der Waals surface area contributed by atoms with Crippen molar-refractivity contribution in [1.29, 1.82) is 0 Å². The molecule has 0 aliphatic rings. The first kappa shape index (κ1) is 11.4. The molecule has 0 amide bonds. The van der Waals surface area contributed by atoms with Crippen LogP contribution in [0, 0.1) is 0 Å². The molecule has 0 saturated carbocycles. The lowest BCUT2D eigenvalue weighted by atomic mass is 10.2.